The summed E-state index contributed by atoms with van der Waals surface area (Å²) in [5.41, 5.74) is 0.638. The van der Waals surface area contributed by atoms with E-state index in [0.29, 0.717) is 50.4 Å². The van der Waals surface area contributed by atoms with E-state index in [9.17, 15) is 4.79 Å². The zero-order chi connectivity index (χ0) is 22.8. The van der Waals surface area contributed by atoms with Crippen LogP contribution in [0.1, 0.15) is 36.2 Å². The molecule has 1 aromatic heterocycles. The number of piperidine rings is 3. The van der Waals surface area contributed by atoms with Crippen LogP contribution < -0.4 is 4.74 Å². The molecule has 0 spiro atoms. The molecule has 32 heavy (non-hydrogen) atoms. The molecule has 0 amide bonds. The molecule has 2 aromatic rings. The smallest absolute Gasteiger partial charge is 0.290 e. The predicted molar refractivity (Wildman–Crippen MR) is 123 cm³/mol. The second-order valence-electron chi connectivity index (χ2n) is 8.13. The van der Waals surface area contributed by atoms with Crippen LogP contribution in [0.5, 0.6) is 5.75 Å². The predicted octanol–water partition coefficient (Wildman–Crippen LogP) is 3.34. The van der Waals surface area contributed by atoms with E-state index in [1.165, 1.54) is 37.5 Å². The fraction of sp³-hybridized carbons (Fsp3) is 0.609. The number of carboxylic acid groups (broad SMARTS) is 1. The summed E-state index contributed by atoms with van der Waals surface area (Å²) in [5.74, 6) is 2.22. The molecular weight excluding hydrogens is 432 g/mol. The zero-order valence-electron chi connectivity index (χ0n) is 18.5. The van der Waals surface area contributed by atoms with Gasteiger partial charge in [-0.25, -0.2) is 0 Å². The van der Waals surface area contributed by atoms with Crippen molar-refractivity contribution in [2.75, 3.05) is 53.2 Å². The van der Waals surface area contributed by atoms with Gasteiger partial charge in [-0.2, -0.15) is 4.37 Å². The topological polar surface area (TPSA) is 98.2 Å². The number of nitrogens with zero attached hydrogens (tertiary/aromatic N) is 2. The Bertz CT molecular complexity index is 865. The van der Waals surface area contributed by atoms with E-state index in [-0.39, 0.29) is 12.3 Å². The van der Waals surface area contributed by atoms with Crippen LogP contribution in [0.25, 0.3) is 10.1 Å². The lowest BCUT2D eigenvalue weighted by Crippen LogP contribution is -2.47. The van der Waals surface area contributed by atoms with Gasteiger partial charge < -0.3 is 24.2 Å². The lowest BCUT2D eigenvalue weighted by molar-refractivity contribution is -0.122. The van der Waals surface area contributed by atoms with Gasteiger partial charge in [-0.15, -0.1) is 0 Å². The molecule has 1 atom stereocenters. The largest absolute Gasteiger partial charge is 0.493 e. The third kappa shape index (κ3) is 6.71. The molecule has 176 valence electrons. The second-order valence-corrected chi connectivity index (χ2v) is 8.93. The molecule has 2 bridgehead atoms. The van der Waals surface area contributed by atoms with Crippen LogP contribution in [0.3, 0.4) is 0 Å². The van der Waals surface area contributed by atoms with E-state index < -0.39 is 0 Å². The number of ether oxygens (including phenoxy) is 3. The number of methoxy groups -OCH3 is 1. The highest BCUT2D eigenvalue weighted by molar-refractivity contribution is 7.13. The van der Waals surface area contributed by atoms with Crippen LogP contribution >= 0.6 is 11.5 Å². The maximum Gasteiger partial charge on any atom is 0.290 e. The van der Waals surface area contributed by atoms with Crippen molar-refractivity contribution in [1.29, 1.82) is 0 Å². The molecule has 1 N–H and O–H groups in total. The number of fused-ring (bicyclic) bond motifs is 4. The third-order valence-corrected chi connectivity index (χ3v) is 6.89. The molecule has 0 radical (unpaired) electrons. The lowest BCUT2D eigenvalue weighted by atomic mass is 9.76. The van der Waals surface area contributed by atoms with Crippen LogP contribution in [0.2, 0.25) is 0 Å². The lowest BCUT2D eigenvalue weighted by Gasteiger charge is -2.44. The van der Waals surface area contributed by atoms with Crippen molar-refractivity contribution in [1.82, 2.24) is 9.27 Å². The number of carbonyl (C=O) groups is 2. The molecule has 8 nitrogen and oxygen atoms in total. The van der Waals surface area contributed by atoms with Crippen LogP contribution in [0.15, 0.2) is 18.2 Å². The van der Waals surface area contributed by atoms with Gasteiger partial charge in [-0.05, 0) is 67.5 Å². The van der Waals surface area contributed by atoms with Gasteiger partial charge in [0.25, 0.3) is 6.47 Å². The number of hydrogen-bond acceptors (Lipinski definition) is 8. The highest BCUT2D eigenvalue weighted by Gasteiger charge is 2.35. The van der Waals surface area contributed by atoms with Crippen molar-refractivity contribution >= 4 is 33.9 Å². The van der Waals surface area contributed by atoms with E-state index in [2.05, 4.69) is 9.27 Å². The Morgan fingerprint density at radius 2 is 2.03 bits per heavy atom. The minimum Gasteiger partial charge on any atom is -0.493 e. The summed E-state index contributed by atoms with van der Waals surface area (Å²) in [6, 6.07) is 5.91. The van der Waals surface area contributed by atoms with Gasteiger partial charge in [0.15, 0.2) is 5.78 Å². The van der Waals surface area contributed by atoms with Crippen LogP contribution in [-0.2, 0) is 14.3 Å². The Hall–Kier alpha value is -2.07. The summed E-state index contributed by atoms with van der Waals surface area (Å²) in [5, 5.41) is 7.84. The van der Waals surface area contributed by atoms with E-state index in [0.717, 1.165) is 28.8 Å². The highest BCUT2D eigenvalue weighted by atomic mass is 32.1. The van der Waals surface area contributed by atoms with Gasteiger partial charge >= 0.3 is 0 Å². The molecule has 4 heterocycles. The first-order valence-electron chi connectivity index (χ1n) is 11.1. The standard InChI is InChI=1S/C22H30N2O4S.CH2O2/c1-26-11-12-27-9-2-10-28-18-3-4-19-21(14-18)29-23-22(19)20(25)13-17-15-24-7-5-16(17)6-8-24;2-1-3/h3-4,14,16-17H,2,5-13,15H2,1H3;1H,(H,2,3)/t17-;/m1./s1. The van der Waals surface area contributed by atoms with Gasteiger partial charge in [0, 0.05) is 38.5 Å². The number of hydrogen-bond donors (Lipinski definition) is 1. The van der Waals surface area contributed by atoms with Crippen molar-refractivity contribution in [2.24, 2.45) is 11.8 Å². The maximum absolute atomic E-state index is 12.9. The molecule has 0 aliphatic carbocycles. The fourth-order valence-corrected chi connectivity index (χ4v) is 5.28. The summed E-state index contributed by atoms with van der Waals surface area (Å²) in [7, 11) is 1.67. The molecule has 3 aliphatic heterocycles. The Morgan fingerprint density at radius 3 is 2.72 bits per heavy atom. The number of rotatable bonds is 11. The molecule has 5 rings (SSSR count). The first-order valence-corrected chi connectivity index (χ1v) is 11.9. The maximum atomic E-state index is 12.9. The van der Waals surface area contributed by atoms with Crippen LogP contribution in [0, 0.1) is 11.8 Å². The Kier molecular flexibility index (Phi) is 9.86. The monoisotopic (exact) mass is 464 g/mol. The molecule has 0 saturated carbocycles. The van der Waals surface area contributed by atoms with E-state index in [4.69, 9.17) is 24.1 Å². The Balaban J connectivity index is 0.000000913. The number of benzene rings is 1. The molecule has 1 aromatic carbocycles. The SMILES string of the molecule is COCCOCCCOc1ccc2c(C(=O)C[C@@H]3CN4CCC3CC4)nsc2c1.O=CO. The number of ketones is 1. The number of aromatic nitrogens is 1. The normalized spacial score (nSPS) is 21.7. The third-order valence-electron chi connectivity index (χ3n) is 6.08. The molecule has 3 fully saturated rings. The average molecular weight is 465 g/mol. The first-order chi connectivity index (χ1) is 15.7. The quantitative estimate of drug-likeness (QED) is 0.307. The molecule has 3 aliphatic rings. The molecule has 0 unspecified atom stereocenters. The minimum absolute atomic E-state index is 0.192. The number of carbonyl (C=O) groups excluding carboxylic acids is 1. The number of Topliss-reactive ketones (excluding diaryl/α,β-unsaturated/α-hetero) is 1. The molecule has 9 heteroatoms. The van der Waals surface area contributed by atoms with Gasteiger partial charge in [0.2, 0.25) is 0 Å². The van der Waals surface area contributed by atoms with E-state index in [1.54, 1.807) is 7.11 Å². The van der Waals surface area contributed by atoms with Crippen molar-refractivity contribution in [3.8, 4) is 5.75 Å². The van der Waals surface area contributed by atoms with Crippen molar-refractivity contribution < 1.29 is 28.9 Å². The Labute approximate surface area is 192 Å². The van der Waals surface area contributed by atoms with Crippen molar-refractivity contribution in [3.05, 3.63) is 23.9 Å². The van der Waals surface area contributed by atoms with Gasteiger partial charge in [-0.3, -0.25) is 9.59 Å². The van der Waals surface area contributed by atoms with Crippen LogP contribution in [-0.4, -0.2) is 79.8 Å². The zero-order valence-corrected chi connectivity index (χ0v) is 19.3. The van der Waals surface area contributed by atoms with Crippen LogP contribution in [0.4, 0.5) is 0 Å². The average Bonchev–Trinajstić information content (AvgIpc) is 3.23. The summed E-state index contributed by atoms with van der Waals surface area (Å²) < 4.78 is 21.7. The van der Waals surface area contributed by atoms with E-state index in [1.807, 2.05) is 18.2 Å². The summed E-state index contributed by atoms with van der Waals surface area (Å²) in [4.78, 5) is 23.8. The second kappa shape index (κ2) is 12.8. The van der Waals surface area contributed by atoms with Gasteiger partial charge in [-0.1, -0.05) is 0 Å². The summed E-state index contributed by atoms with van der Waals surface area (Å²) >= 11 is 1.39. The summed E-state index contributed by atoms with van der Waals surface area (Å²) in [6.45, 7) is 5.72. The fourth-order valence-electron chi connectivity index (χ4n) is 4.46. The first kappa shape index (κ1) is 24.6. The Morgan fingerprint density at radius 1 is 1.25 bits per heavy atom. The molecule has 3 saturated heterocycles. The minimum atomic E-state index is -0.250. The van der Waals surface area contributed by atoms with Gasteiger partial charge in [0.05, 0.1) is 24.5 Å². The van der Waals surface area contributed by atoms with Gasteiger partial charge in [0.1, 0.15) is 11.4 Å². The highest BCUT2D eigenvalue weighted by Crippen LogP contribution is 2.36. The summed E-state index contributed by atoms with van der Waals surface area (Å²) in [6.07, 6.45) is 3.94. The van der Waals surface area contributed by atoms with Crippen molar-refractivity contribution in [3.63, 3.8) is 0 Å². The van der Waals surface area contributed by atoms with Crippen molar-refractivity contribution in [2.45, 2.75) is 25.7 Å². The van der Waals surface area contributed by atoms with E-state index >= 15 is 0 Å². The molecular formula is C23H32N2O6S.